The third kappa shape index (κ3) is 5.80. The van der Waals surface area contributed by atoms with Crippen molar-refractivity contribution in [3.63, 3.8) is 0 Å². The Bertz CT molecular complexity index is 786. The van der Waals surface area contributed by atoms with E-state index in [1.807, 2.05) is 0 Å². The molecular weight excluding hydrogens is 351 g/mol. The van der Waals surface area contributed by atoms with Crippen LogP contribution in [0.2, 0.25) is 0 Å². The summed E-state index contributed by atoms with van der Waals surface area (Å²) in [6, 6.07) is 11.4. The minimum Gasteiger partial charge on any atom is -0.482 e. The van der Waals surface area contributed by atoms with Gasteiger partial charge in [0.15, 0.2) is 6.61 Å². The quantitative estimate of drug-likeness (QED) is 0.591. The number of carboxylic acids is 1. The van der Waals surface area contributed by atoms with Crippen LogP contribution >= 0.6 is 0 Å². The summed E-state index contributed by atoms with van der Waals surface area (Å²) in [6.07, 6.45) is -4.40. The molecule has 0 aliphatic rings. The summed E-state index contributed by atoms with van der Waals surface area (Å²) in [5, 5.41) is 12.4. The molecule has 0 aromatic heterocycles. The Kier molecular flexibility index (Phi) is 6.21. The molecule has 0 bridgehead atoms. The minimum atomic E-state index is -4.40. The van der Waals surface area contributed by atoms with Gasteiger partial charge in [0.25, 0.3) is 0 Å². The molecule has 0 saturated heterocycles. The van der Waals surface area contributed by atoms with Gasteiger partial charge in [-0.15, -0.1) is 0 Å². The maximum atomic E-state index is 12.7. The first-order valence-corrected chi connectivity index (χ1v) is 7.53. The predicted molar refractivity (Wildman–Crippen MR) is 88.0 cm³/mol. The van der Waals surface area contributed by atoms with E-state index in [1.54, 1.807) is 31.2 Å². The third-order valence-electron chi connectivity index (χ3n) is 3.32. The molecule has 2 rings (SSSR count). The number of alkyl halides is 3. The van der Waals surface area contributed by atoms with Crippen molar-refractivity contribution in [2.24, 2.45) is 5.16 Å². The number of hydrogen-bond acceptors (Lipinski definition) is 4. The largest absolute Gasteiger partial charge is 0.482 e. The summed E-state index contributed by atoms with van der Waals surface area (Å²) in [5.74, 6) is -0.677. The van der Waals surface area contributed by atoms with Crippen molar-refractivity contribution in [1.29, 1.82) is 0 Å². The molecule has 5 nitrogen and oxygen atoms in total. The molecule has 138 valence electrons. The molecule has 2 aromatic rings. The fourth-order valence-corrected chi connectivity index (χ4v) is 2.03. The zero-order valence-electron chi connectivity index (χ0n) is 13.8. The van der Waals surface area contributed by atoms with Gasteiger partial charge in [0.05, 0.1) is 11.3 Å². The van der Waals surface area contributed by atoms with Crippen LogP contribution < -0.4 is 4.74 Å². The van der Waals surface area contributed by atoms with Crippen molar-refractivity contribution in [1.82, 2.24) is 0 Å². The molecule has 0 unspecified atom stereocenters. The highest BCUT2D eigenvalue weighted by Crippen LogP contribution is 2.29. The lowest BCUT2D eigenvalue weighted by Crippen LogP contribution is -2.09. The highest BCUT2D eigenvalue weighted by molar-refractivity contribution is 5.98. The van der Waals surface area contributed by atoms with Crippen LogP contribution in [0.15, 0.2) is 53.7 Å². The Morgan fingerprint density at radius 1 is 1.15 bits per heavy atom. The number of ether oxygens (including phenoxy) is 1. The monoisotopic (exact) mass is 367 g/mol. The number of carboxylic acid groups (broad SMARTS) is 1. The van der Waals surface area contributed by atoms with Crippen LogP contribution in [0.4, 0.5) is 13.2 Å². The Morgan fingerprint density at radius 3 is 2.46 bits per heavy atom. The van der Waals surface area contributed by atoms with Gasteiger partial charge in [-0.05, 0) is 54.4 Å². The van der Waals surface area contributed by atoms with Crippen LogP contribution in [0, 0.1) is 0 Å². The van der Waals surface area contributed by atoms with Gasteiger partial charge in [-0.3, -0.25) is 0 Å². The number of carbonyl (C=O) groups is 1. The molecule has 0 radical (unpaired) electrons. The highest BCUT2D eigenvalue weighted by Gasteiger charge is 2.30. The first-order chi connectivity index (χ1) is 12.3. The topological polar surface area (TPSA) is 68.1 Å². The minimum absolute atomic E-state index is 0.0962. The van der Waals surface area contributed by atoms with E-state index in [0.29, 0.717) is 22.6 Å². The van der Waals surface area contributed by atoms with Crippen LogP contribution in [0.3, 0.4) is 0 Å². The first kappa shape index (κ1) is 19.3. The summed E-state index contributed by atoms with van der Waals surface area (Å²) in [7, 11) is 0. The first-order valence-electron chi connectivity index (χ1n) is 7.53. The van der Waals surface area contributed by atoms with E-state index in [9.17, 15) is 18.0 Å². The summed E-state index contributed by atoms with van der Waals surface area (Å²) in [4.78, 5) is 15.6. The predicted octanol–water partition coefficient (Wildman–Crippen LogP) is 4.11. The normalized spacial score (nSPS) is 11.9. The van der Waals surface area contributed by atoms with Crippen molar-refractivity contribution >= 4 is 11.7 Å². The standard InChI is InChI=1S/C18H16F3NO4/c1-12(14-5-7-16(8-6-14)25-11-17(23)24)22-26-10-13-3-2-4-15(9-13)18(19,20)21/h2-9H,10-11H2,1H3,(H,23,24)/b22-12+. The lowest BCUT2D eigenvalue weighted by Gasteiger charge is -2.08. The molecule has 0 aliphatic heterocycles. The van der Waals surface area contributed by atoms with E-state index in [4.69, 9.17) is 14.7 Å². The molecule has 0 aliphatic carbocycles. The van der Waals surface area contributed by atoms with Gasteiger partial charge < -0.3 is 14.7 Å². The van der Waals surface area contributed by atoms with Crippen molar-refractivity contribution in [2.45, 2.75) is 19.7 Å². The molecule has 1 N–H and O–H groups in total. The number of benzene rings is 2. The Morgan fingerprint density at radius 2 is 1.85 bits per heavy atom. The zero-order chi connectivity index (χ0) is 19.2. The molecule has 0 saturated carbocycles. The number of halogens is 3. The van der Waals surface area contributed by atoms with Gasteiger partial charge in [-0.1, -0.05) is 17.3 Å². The summed E-state index contributed by atoms with van der Waals surface area (Å²) < 4.78 is 43.0. The fourth-order valence-electron chi connectivity index (χ4n) is 2.03. The van der Waals surface area contributed by atoms with Crippen LogP contribution in [0.1, 0.15) is 23.6 Å². The maximum absolute atomic E-state index is 12.7. The van der Waals surface area contributed by atoms with Gasteiger partial charge in [0.1, 0.15) is 12.4 Å². The van der Waals surface area contributed by atoms with Crippen molar-refractivity contribution in [3.05, 3.63) is 65.2 Å². The smallest absolute Gasteiger partial charge is 0.416 e. The number of oxime groups is 1. The molecule has 0 fully saturated rings. The van der Waals surface area contributed by atoms with Gasteiger partial charge in [0, 0.05) is 0 Å². The molecule has 0 atom stereocenters. The van der Waals surface area contributed by atoms with E-state index in [-0.39, 0.29) is 6.61 Å². The number of hydrogen-bond donors (Lipinski definition) is 1. The van der Waals surface area contributed by atoms with Crippen LogP contribution in [-0.2, 0) is 22.4 Å². The molecular formula is C18H16F3NO4. The van der Waals surface area contributed by atoms with Crippen molar-refractivity contribution in [2.75, 3.05) is 6.61 Å². The second kappa shape index (κ2) is 8.37. The maximum Gasteiger partial charge on any atom is 0.416 e. The van der Waals surface area contributed by atoms with Crippen LogP contribution in [0.5, 0.6) is 5.75 Å². The van der Waals surface area contributed by atoms with Crippen molar-refractivity contribution < 1.29 is 32.6 Å². The summed E-state index contributed by atoms with van der Waals surface area (Å²) in [6.45, 7) is 1.15. The van der Waals surface area contributed by atoms with Gasteiger partial charge >= 0.3 is 12.1 Å². The van der Waals surface area contributed by atoms with Crippen LogP contribution in [0.25, 0.3) is 0 Å². The molecule has 26 heavy (non-hydrogen) atoms. The second-order valence-electron chi connectivity index (χ2n) is 5.36. The molecule has 0 spiro atoms. The van der Waals surface area contributed by atoms with Gasteiger partial charge in [-0.2, -0.15) is 13.2 Å². The lowest BCUT2D eigenvalue weighted by molar-refractivity contribution is -0.139. The number of rotatable bonds is 7. The summed E-state index contributed by atoms with van der Waals surface area (Å²) in [5.41, 5.74) is 0.837. The fraction of sp³-hybridized carbons (Fsp3) is 0.222. The average Bonchev–Trinajstić information content (AvgIpc) is 2.60. The van der Waals surface area contributed by atoms with Crippen LogP contribution in [-0.4, -0.2) is 23.4 Å². The number of aliphatic carboxylic acids is 1. The molecule has 2 aromatic carbocycles. The van der Waals surface area contributed by atoms with Crippen molar-refractivity contribution in [3.8, 4) is 5.75 Å². The Hall–Kier alpha value is -3.03. The van der Waals surface area contributed by atoms with E-state index >= 15 is 0 Å². The van der Waals surface area contributed by atoms with E-state index in [0.717, 1.165) is 12.1 Å². The SMILES string of the molecule is C/C(=N\OCc1cccc(C(F)(F)F)c1)c1ccc(OCC(=O)O)cc1. The Labute approximate surface area is 147 Å². The zero-order valence-corrected chi connectivity index (χ0v) is 13.8. The summed E-state index contributed by atoms with van der Waals surface area (Å²) >= 11 is 0. The molecule has 0 heterocycles. The van der Waals surface area contributed by atoms with E-state index in [2.05, 4.69) is 5.16 Å². The third-order valence-corrected chi connectivity index (χ3v) is 3.32. The van der Waals surface area contributed by atoms with Gasteiger partial charge in [-0.25, -0.2) is 4.79 Å². The van der Waals surface area contributed by atoms with Gasteiger partial charge in [0.2, 0.25) is 0 Å². The Balaban J connectivity index is 1.95. The average molecular weight is 367 g/mol. The van der Waals surface area contributed by atoms with E-state index in [1.165, 1.54) is 12.1 Å². The molecule has 0 amide bonds. The second-order valence-corrected chi connectivity index (χ2v) is 5.36. The lowest BCUT2D eigenvalue weighted by atomic mass is 10.1. The number of nitrogens with zero attached hydrogens (tertiary/aromatic N) is 1. The highest BCUT2D eigenvalue weighted by atomic mass is 19.4. The van der Waals surface area contributed by atoms with E-state index < -0.39 is 24.3 Å². The molecule has 8 heteroatoms.